The van der Waals surface area contributed by atoms with E-state index < -0.39 is 5.34 Å². The molecule has 0 bridgehead atoms. The van der Waals surface area contributed by atoms with E-state index in [1.165, 1.54) is 42.5 Å². The van der Waals surface area contributed by atoms with Gasteiger partial charge in [-0.2, -0.15) is 0 Å². The van der Waals surface area contributed by atoms with Crippen LogP contribution in [0, 0.1) is 0 Å². The van der Waals surface area contributed by atoms with Crippen LogP contribution in [0.15, 0.2) is 12.1 Å². The Bertz CT molecular complexity index is 570. The molecular weight excluding hydrogens is 254 g/mol. The summed E-state index contributed by atoms with van der Waals surface area (Å²) in [6.07, 6.45) is 7.12. The van der Waals surface area contributed by atoms with Crippen LogP contribution < -0.4 is 4.90 Å². The highest BCUT2D eigenvalue weighted by Gasteiger charge is 2.41. The van der Waals surface area contributed by atoms with Crippen molar-refractivity contribution in [1.82, 2.24) is 4.90 Å². The quantitative estimate of drug-likeness (QED) is 0.757. The zero-order valence-electron chi connectivity index (χ0n) is 12.9. The zero-order chi connectivity index (χ0) is 14.6. The van der Waals surface area contributed by atoms with Gasteiger partial charge in [-0.15, -0.1) is 0 Å². The summed E-state index contributed by atoms with van der Waals surface area (Å²) >= 11 is 0. The minimum absolute atomic E-state index is 0.247. The average Bonchev–Trinajstić information content (AvgIpc) is 3.13. The maximum atomic E-state index is 6.64. The van der Waals surface area contributed by atoms with Crippen LogP contribution in [-0.2, 0) is 19.3 Å². The predicted octanol–water partition coefficient (Wildman–Crippen LogP) is 1.62. The van der Waals surface area contributed by atoms with Gasteiger partial charge in [0.25, 0.3) is 0 Å². The number of rotatable bonds is 2. The van der Waals surface area contributed by atoms with Gasteiger partial charge in [0, 0.05) is 18.3 Å². The van der Waals surface area contributed by atoms with Crippen LogP contribution in [0.5, 0.6) is 0 Å². The standard InChI is InChI=1S/C17H22B2N2/c1-20-8-3-6-16(20)17(18,19)21-9-7-14-10-12-4-2-5-13(12)11-15(14)21/h10-11,16H,2-9H2,1H3/t16-/m1/s1. The third-order valence-electron chi connectivity index (χ3n) is 5.71. The summed E-state index contributed by atoms with van der Waals surface area (Å²) in [6, 6.07) is 5.02. The zero-order valence-corrected chi connectivity index (χ0v) is 12.9. The van der Waals surface area contributed by atoms with Crippen molar-refractivity contribution in [3.8, 4) is 0 Å². The van der Waals surface area contributed by atoms with Crippen molar-refractivity contribution in [3.63, 3.8) is 0 Å². The number of nitrogens with zero attached hydrogens (tertiary/aromatic N) is 2. The molecule has 1 fully saturated rings. The molecule has 2 heterocycles. The van der Waals surface area contributed by atoms with E-state index in [0.717, 1.165) is 25.9 Å². The molecule has 21 heavy (non-hydrogen) atoms. The molecule has 0 amide bonds. The first-order valence-electron chi connectivity index (χ1n) is 8.27. The number of aryl methyl sites for hydroxylation is 2. The normalized spacial score (nSPS) is 25.4. The van der Waals surface area contributed by atoms with Gasteiger partial charge in [-0.05, 0) is 80.2 Å². The molecular formula is C17H22B2N2. The SMILES string of the molecule is [B]C([B])([C@H]1CCCN1C)N1CCc2cc3c(cc21)CCC3. The van der Waals surface area contributed by atoms with Crippen LogP contribution in [0.4, 0.5) is 5.69 Å². The Kier molecular flexibility index (Phi) is 3.15. The molecule has 1 saturated heterocycles. The molecule has 106 valence electrons. The number of benzene rings is 1. The molecule has 2 aliphatic heterocycles. The van der Waals surface area contributed by atoms with Crippen molar-refractivity contribution in [1.29, 1.82) is 0 Å². The second-order valence-corrected chi connectivity index (χ2v) is 7.03. The highest BCUT2D eigenvalue weighted by atomic mass is 15.3. The lowest BCUT2D eigenvalue weighted by molar-refractivity contribution is 0.282. The van der Waals surface area contributed by atoms with Crippen LogP contribution in [0.3, 0.4) is 0 Å². The molecule has 1 aromatic rings. The molecule has 3 aliphatic rings. The van der Waals surface area contributed by atoms with Crippen molar-refractivity contribution in [3.05, 3.63) is 28.8 Å². The monoisotopic (exact) mass is 276 g/mol. The first kappa shape index (κ1) is 13.8. The van der Waals surface area contributed by atoms with E-state index >= 15 is 0 Å². The van der Waals surface area contributed by atoms with E-state index in [1.807, 2.05) is 0 Å². The van der Waals surface area contributed by atoms with Gasteiger partial charge in [0.05, 0.1) is 15.7 Å². The minimum Gasteiger partial charge on any atom is -0.381 e. The summed E-state index contributed by atoms with van der Waals surface area (Å²) in [6.45, 7) is 2.06. The third kappa shape index (κ3) is 2.06. The van der Waals surface area contributed by atoms with Gasteiger partial charge < -0.3 is 9.80 Å². The molecule has 4 rings (SSSR count). The van der Waals surface area contributed by atoms with Crippen LogP contribution in [0.1, 0.15) is 36.0 Å². The number of likely N-dealkylation sites (N-methyl/N-ethyl adjacent to an activating group) is 1. The largest absolute Gasteiger partial charge is 0.381 e. The lowest BCUT2D eigenvalue weighted by Crippen LogP contribution is -2.61. The van der Waals surface area contributed by atoms with Gasteiger partial charge >= 0.3 is 0 Å². The summed E-state index contributed by atoms with van der Waals surface area (Å²) in [5, 5.41) is -0.761. The molecule has 0 saturated carbocycles. The summed E-state index contributed by atoms with van der Waals surface area (Å²) in [5.41, 5.74) is 5.79. The first-order chi connectivity index (χ1) is 10.1. The third-order valence-corrected chi connectivity index (χ3v) is 5.71. The Morgan fingerprint density at radius 3 is 2.48 bits per heavy atom. The number of hydrogen-bond acceptors (Lipinski definition) is 2. The Labute approximate surface area is 130 Å². The van der Waals surface area contributed by atoms with Gasteiger partial charge in [-0.1, -0.05) is 6.07 Å². The second kappa shape index (κ2) is 4.81. The van der Waals surface area contributed by atoms with E-state index in [0.29, 0.717) is 0 Å². The molecule has 1 atom stereocenters. The average molecular weight is 276 g/mol. The topological polar surface area (TPSA) is 6.48 Å². The first-order valence-corrected chi connectivity index (χ1v) is 8.27. The highest BCUT2D eigenvalue weighted by molar-refractivity contribution is 6.42. The van der Waals surface area contributed by atoms with E-state index in [1.54, 1.807) is 5.56 Å². The molecule has 4 heteroatoms. The van der Waals surface area contributed by atoms with Crippen LogP contribution in [0.2, 0.25) is 0 Å². The number of likely N-dealkylation sites (tertiary alicyclic amines) is 1. The summed E-state index contributed by atoms with van der Waals surface area (Å²) in [4.78, 5) is 4.60. The number of anilines is 1. The molecule has 0 spiro atoms. The van der Waals surface area contributed by atoms with Crippen LogP contribution >= 0.6 is 0 Å². The Morgan fingerprint density at radius 1 is 1.00 bits per heavy atom. The molecule has 4 radical (unpaired) electrons. The van der Waals surface area contributed by atoms with Crippen molar-refractivity contribution in [2.45, 2.75) is 49.9 Å². The molecule has 0 aromatic heterocycles. The molecule has 0 unspecified atom stereocenters. The lowest BCUT2D eigenvalue weighted by Gasteiger charge is -2.46. The number of hydrogen-bond donors (Lipinski definition) is 0. The van der Waals surface area contributed by atoms with Crippen molar-refractivity contribution in [2.24, 2.45) is 0 Å². The predicted molar refractivity (Wildman–Crippen MR) is 89.4 cm³/mol. The van der Waals surface area contributed by atoms with E-state index in [4.69, 9.17) is 15.7 Å². The summed E-state index contributed by atoms with van der Waals surface area (Å²) in [7, 11) is 15.4. The molecule has 1 aromatic carbocycles. The van der Waals surface area contributed by atoms with Gasteiger partial charge in [0.1, 0.15) is 0 Å². The van der Waals surface area contributed by atoms with E-state index in [-0.39, 0.29) is 6.04 Å². The lowest BCUT2D eigenvalue weighted by atomic mass is 9.55. The Hall–Kier alpha value is -0.890. The fraction of sp³-hybridized carbons (Fsp3) is 0.647. The van der Waals surface area contributed by atoms with Crippen molar-refractivity contribution >= 4 is 21.4 Å². The van der Waals surface area contributed by atoms with Gasteiger partial charge in [-0.3, -0.25) is 0 Å². The van der Waals surface area contributed by atoms with Gasteiger partial charge in [-0.25, -0.2) is 0 Å². The van der Waals surface area contributed by atoms with Gasteiger partial charge in [0.15, 0.2) is 0 Å². The van der Waals surface area contributed by atoms with Crippen molar-refractivity contribution in [2.75, 3.05) is 25.0 Å². The summed E-state index contributed by atoms with van der Waals surface area (Å²) < 4.78 is 0. The smallest absolute Gasteiger partial charge is 0.0922 e. The fourth-order valence-electron chi connectivity index (χ4n) is 4.54. The van der Waals surface area contributed by atoms with E-state index in [9.17, 15) is 0 Å². The van der Waals surface area contributed by atoms with Gasteiger partial charge in [0.2, 0.25) is 0 Å². The Balaban J connectivity index is 1.69. The molecule has 1 aliphatic carbocycles. The van der Waals surface area contributed by atoms with Crippen LogP contribution in [-0.4, -0.2) is 52.1 Å². The number of fused-ring (bicyclic) bond motifs is 2. The molecule has 0 N–H and O–H groups in total. The fourth-order valence-corrected chi connectivity index (χ4v) is 4.54. The molecule has 2 nitrogen and oxygen atoms in total. The second-order valence-electron chi connectivity index (χ2n) is 7.03. The highest BCUT2D eigenvalue weighted by Crippen LogP contribution is 2.39. The maximum Gasteiger partial charge on any atom is 0.0922 e. The summed E-state index contributed by atoms with van der Waals surface area (Å²) in [5.74, 6) is 0. The van der Waals surface area contributed by atoms with Crippen molar-refractivity contribution < 1.29 is 0 Å². The minimum atomic E-state index is -0.761. The van der Waals surface area contributed by atoms with Crippen LogP contribution in [0.25, 0.3) is 0 Å². The Morgan fingerprint density at radius 2 is 1.76 bits per heavy atom. The maximum absolute atomic E-state index is 6.64. The van der Waals surface area contributed by atoms with E-state index in [2.05, 4.69) is 29.0 Å².